The molecule has 1 aromatic carbocycles. The molecule has 0 unspecified atom stereocenters. The summed E-state index contributed by atoms with van der Waals surface area (Å²) in [6.07, 6.45) is 2.82. The fourth-order valence-electron chi connectivity index (χ4n) is 2.16. The van der Waals surface area contributed by atoms with Crippen LogP contribution in [0.15, 0.2) is 29.3 Å². The van der Waals surface area contributed by atoms with E-state index in [1.54, 1.807) is 29.1 Å². The molecule has 2 heterocycles. The van der Waals surface area contributed by atoms with Crippen molar-refractivity contribution < 1.29 is 8.42 Å². The van der Waals surface area contributed by atoms with Crippen LogP contribution in [-0.4, -0.2) is 29.4 Å². The van der Waals surface area contributed by atoms with Gasteiger partial charge in [0.25, 0.3) is 0 Å². The fourth-order valence-corrected chi connectivity index (χ4v) is 3.09. The van der Waals surface area contributed by atoms with Gasteiger partial charge in [0.15, 0.2) is 15.5 Å². The summed E-state index contributed by atoms with van der Waals surface area (Å²) in [5.74, 6) is 0. The summed E-state index contributed by atoms with van der Waals surface area (Å²) in [5, 5.41) is 6.05. The minimum absolute atomic E-state index is 0.232. The highest BCUT2D eigenvalue weighted by molar-refractivity contribution is 7.90. The maximum Gasteiger partial charge on any atom is 0.175 e. The molecule has 7 heteroatoms. The molecule has 104 valence electrons. The number of fused-ring (bicyclic) bond motifs is 2. The molecule has 3 rings (SSSR count). The van der Waals surface area contributed by atoms with E-state index in [2.05, 4.69) is 10.1 Å². The lowest BCUT2D eigenvalue weighted by Gasteiger charge is -2.05. The van der Waals surface area contributed by atoms with Crippen LogP contribution >= 0.6 is 11.6 Å². The van der Waals surface area contributed by atoms with Gasteiger partial charge in [0, 0.05) is 18.2 Å². The molecule has 0 amide bonds. The number of aromatic nitrogens is 3. The molecule has 0 aliphatic carbocycles. The lowest BCUT2D eigenvalue weighted by molar-refractivity contribution is 0.602. The summed E-state index contributed by atoms with van der Waals surface area (Å²) in [4.78, 5) is 4.75. The molecule has 0 aliphatic rings. The normalized spacial score (nSPS) is 12.3. The number of hydrogen-bond acceptors (Lipinski definition) is 4. The van der Waals surface area contributed by atoms with Gasteiger partial charge in [0.05, 0.1) is 27.0 Å². The van der Waals surface area contributed by atoms with Gasteiger partial charge < -0.3 is 0 Å². The quantitative estimate of drug-likeness (QED) is 0.730. The highest BCUT2D eigenvalue weighted by Gasteiger charge is 2.14. The maximum absolute atomic E-state index is 11.6. The van der Waals surface area contributed by atoms with E-state index in [9.17, 15) is 8.42 Å². The molecule has 0 fully saturated rings. The van der Waals surface area contributed by atoms with Crippen molar-refractivity contribution in [3.63, 3.8) is 0 Å². The van der Waals surface area contributed by atoms with Crippen molar-refractivity contribution in [1.29, 1.82) is 0 Å². The zero-order chi connectivity index (χ0) is 14.5. The second-order valence-electron chi connectivity index (χ2n) is 4.57. The first-order chi connectivity index (χ1) is 9.41. The van der Waals surface area contributed by atoms with Crippen LogP contribution in [0.4, 0.5) is 0 Å². The molecular formula is C13H12ClN3O2S. The second-order valence-corrected chi connectivity index (χ2v) is 6.97. The first-order valence-electron chi connectivity index (χ1n) is 6.06. The monoisotopic (exact) mass is 309 g/mol. The molecule has 0 atom stereocenters. The summed E-state index contributed by atoms with van der Waals surface area (Å²) in [6, 6.07) is 4.77. The zero-order valence-corrected chi connectivity index (χ0v) is 12.5. The van der Waals surface area contributed by atoms with Crippen molar-refractivity contribution in [2.24, 2.45) is 0 Å². The molecule has 0 bridgehead atoms. The van der Waals surface area contributed by atoms with Gasteiger partial charge in [-0.2, -0.15) is 5.10 Å². The summed E-state index contributed by atoms with van der Waals surface area (Å²) < 4.78 is 25.0. The Morgan fingerprint density at radius 2 is 2.05 bits per heavy atom. The number of halogens is 1. The Hall–Kier alpha value is -1.66. The van der Waals surface area contributed by atoms with Crippen molar-refractivity contribution in [3.05, 3.63) is 29.4 Å². The molecular weight excluding hydrogens is 298 g/mol. The lowest BCUT2D eigenvalue weighted by Crippen LogP contribution is -1.99. The molecule has 3 aromatic rings. The SMILES string of the molecule is CCn1ncc2c(Cl)c3cc(S(C)(=O)=O)ccc3nc21. The molecule has 0 N–H and O–H groups in total. The Kier molecular flexibility index (Phi) is 2.95. The van der Waals surface area contributed by atoms with Gasteiger partial charge in [0.2, 0.25) is 0 Å². The number of hydrogen-bond donors (Lipinski definition) is 0. The van der Waals surface area contributed by atoms with Crippen molar-refractivity contribution in [3.8, 4) is 0 Å². The maximum atomic E-state index is 11.6. The standard InChI is InChI=1S/C13H12ClN3O2S/c1-3-17-13-10(7-15-17)12(14)9-6-8(20(2,18)19)4-5-11(9)16-13/h4-7H,3H2,1-2H3. The molecule has 2 aromatic heterocycles. The number of benzene rings is 1. The van der Waals surface area contributed by atoms with Crippen molar-refractivity contribution >= 4 is 43.4 Å². The van der Waals surface area contributed by atoms with E-state index in [-0.39, 0.29) is 4.90 Å². The van der Waals surface area contributed by atoms with Crippen LogP contribution in [0.3, 0.4) is 0 Å². The van der Waals surface area contributed by atoms with E-state index in [0.717, 1.165) is 5.39 Å². The van der Waals surface area contributed by atoms with E-state index in [0.29, 0.717) is 28.1 Å². The van der Waals surface area contributed by atoms with Crippen LogP contribution in [-0.2, 0) is 16.4 Å². The van der Waals surface area contributed by atoms with E-state index >= 15 is 0 Å². The topological polar surface area (TPSA) is 64.8 Å². The van der Waals surface area contributed by atoms with E-state index in [4.69, 9.17) is 11.6 Å². The fraction of sp³-hybridized carbons (Fsp3) is 0.231. The van der Waals surface area contributed by atoms with Gasteiger partial charge in [-0.05, 0) is 25.1 Å². The van der Waals surface area contributed by atoms with Gasteiger partial charge in [-0.3, -0.25) is 0 Å². The second kappa shape index (κ2) is 4.43. The number of aryl methyl sites for hydroxylation is 1. The predicted molar refractivity (Wildman–Crippen MR) is 78.8 cm³/mol. The van der Waals surface area contributed by atoms with Crippen LogP contribution in [0, 0.1) is 0 Å². The number of sulfone groups is 1. The van der Waals surface area contributed by atoms with Crippen LogP contribution < -0.4 is 0 Å². The van der Waals surface area contributed by atoms with Crippen molar-refractivity contribution in [2.45, 2.75) is 18.4 Å². The highest BCUT2D eigenvalue weighted by atomic mass is 35.5. The van der Waals surface area contributed by atoms with Gasteiger partial charge in [0.1, 0.15) is 0 Å². The Balaban J connectivity index is 2.42. The molecule has 20 heavy (non-hydrogen) atoms. The van der Waals surface area contributed by atoms with Crippen LogP contribution in [0.25, 0.3) is 21.9 Å². The van der Waals surface area contributed by atoms with Gasteiger partial charge in [-0.25, -0.2) is 18.1 Å². The Bertz CT molecular complexity index is 932. The van der Waals surface area contributed by atoms with E-state index in [1.165, 1.54) is 6.26 Å². The molecule has 0 radical (unpaired) electrons. The third-order valence-corrected chi connectivity index (χ3v) is 4.72. The molecule has 0 aliphatic heterocycles. The number of rotatable bonds is 2. The van der Waals surface area contributed by atoms with Gasteiger partial charge in [-0.15, -0.1) is 0 Å². The van der Waals surface area contributed by atoms with Crippen LogP contribution in [0.1, 0.15) is 6.92 Å². The van der Waals surface area contributed by atoms with E-state index in [1.807, 2.05) is 6.92 Å². The lowest BCUT2D eigenvalue weighted by atomic mass is 10.2. The van der Waals surface area contributed by atoms with Crippen LogP contribution in [0.5, 0.6) is 0 Å². The van der Waals surface area contributed by atoms with Gasteiger partial charge in [-0.1, -0.05) is 11.6 Å². The van der Waals surface area contributed by atoms with Crippen LogP contribution in [0.2, 0.25) is 5.02 Å². The molecule has 0 saturated carbocycles. The molecule has 5 nitrogen and oxygen atoms in total. The Labute approximate surface area is 121 Å². The number of pyridine rings is 1. The Morgan fingerprint density at radius 1 is 1.30 bits per heavy atom. The molecule has 0 saturated heterocycles. The highest BCUT2D eigenvalue weighted by Crippen LogP contribution is 2.31. The smallest absolute Gasteiger partial charge is 0.175 e. The molecule has 0 spiro atoms. The summed E-state index contributed by atoms with van der Waals surface area (Å²) in [5.41, 5.74) is 1.36. The van der Waals surface area contributed by atoms with Gasteiger partial charge >= 0.3 is 0 Å². The third kappa shape index (κ3) is 1.96. The minimum Gasteiger partial charge on any atom is -0.248 e. The zero-order valence-electron chi connectivity index (χ0n) is 11.0. The largest absolute Gasteiger partial charge is 0.248 e. The van der Waals surface area contributed by atoms with Crippen molar-refractivity contribution in [1.82, 2.24) is 14.8 Å². The average Bonchev–Trinajstić information content (AvgIpc) is 2.80. The van der Waals surface area contributed by atoms with E-state index < -0.39 is 9.84 Å². The Morgan fingerprint density at radius 3 is 2.70 bits per heavy atom. The summed E-state index contributed by atoms with van der Waals surface area (Å²) in [6.45, 7) is 2.67. The average molecular weight is 310 g/mol. The summed E-state index contributed by atoms with van der Waals surface area (Å²) >= 11 is 6.38. The minimum atomic E-state index is -3.27. The van der Waals surface area contributed by atoms with Crippen molar-refractivity contribution in [2.75, 3.05) is 6.26 Å². The first kappa shape index (κ1) is 13.3. The number of nitrogens with zero attached hydrogens (tertiary/aromatic N) is 3. The predicted octanol–water partition coefficient (Wildman–Crippen LogP) is 2.66. The summed E-state index contributed by atoms with van der Waals surface area (Å²) in [7, 11) is -3.27. The first-order valence-corrected chi connectivity index (χ1v) is 8.33. The third-order valence-electron chi connectivity index (χ3n) is 3.21.